The minimum atomic E-state index is -0.482. The van der Waals surface area contributed by atoms with Gasteiger partial charge in [-0.2, -0.15) is 0 Å². The second-order valence-corrected chi connectivity index (χ2v) is 9.33. The fourth-order valence-electron chi connectivity index (χ4n) is 6.32. The number of aromatic amines is 1. The Labute approximate surface area is 174 Å². The van der Waals surface area contributed by atoms with Gasteiger partial charge in [0.1, 0.15) is 5.52 Å². The number of rotatable bonds is 4. The zero-order valence-corrected chi connectivity index (χ0v) is 16.6. The van der Waals surface area contributed by atoms with Crippen molar-refractivity contribution >= 4 is 28.4 Å². The molecule has 7 nitrogen and oxygen atoms in total. The first-order valence-corrected chi connectivity index (χ1v) is 10.8. The molecule has 7 rings (SSSR count). The number of carbonyl (C=O) groups is 1. The molecule has 0 saturated heterocycles. The zero-order valence-electron chi connectivity index (χ0n) is 16.6. The highest BCUT2D eigenvalue weighted by Gasteiger charge is 2.54. The van der Waals surface area contributed by atoms with E-state index in [0.29, 0.717) is 29.0 Å². The highest BCUT2D eigenvalue weighted by Crippen LogP contribution is 2.56. The maximum atomic E-state index is 13.1. The Bertz CT molecular complexity index is 1100. The van der Waals surface area contributed by atoms with Gasteiger partial charge in [-0.15, -0.1) is 0 Å². The monoisotopic (exact) mass is 403 g/mol. The lowest BCUT2D eigenvalue weighted by Gasteiger charge is -2.58. The largest absolute Gasteiger partial charge is 0.390 e. The average molecular weight is 403 g/mol. The first kappa shape index (κ1) is 17.9. The summed E-state index contributed by atoms with van der Waals surface area (Å²) < 4.78 is 0. The molecule has 2 atom stereocenters. The number of amides is 1. The molecule has 0 radical (unpaired) electrons. The molecule has 4 aliphatic carbocycles. The minimum Gasteiger partial charge on any atom is -0.390 e. The van der Waals surface area contributed by atoms with Gasteiger partial charge < -0.3 is 20.7 Å². The minimum absolute atomic E-state index is 0.199. The summed E-state index contributed by atoms with van der Waals surface area (Å²) in [6, 6.07) is 9.69. The Morgan fingerprint density at radius 1 is 1.10 bits per heavy atom. The number of para-hydroxylation sites is 1. The Morgan fingerprint density at radius 2 is 1.87 bits per heavy atom. The number of imidazole rings is 1. The van der Waals surface area contributed by atoms with Crippen LogP contribution in [0.25, 0.3) is 11.2 Å². The van der Waals surface area contributed by atoms with Crippen LogP contribution in [-0.2, 0) is 0 Å². The van der Waals surface area contributed by atoms with Crippen LogP contribution in [0.1, 0.15) is 42.5 Å². The smallest absolute Gasteiger partial charge is 0.259 e. The van der Waals surface area contributed by atoms with Crippen molar-refractivity contribution in [3.8, 4) is 0 Å². The number of fused-ring (bicyclic) bond motifs is 1. The zero-order chi connectivity index (χ0) is 20.3. The third-order valence-corrected chi connectivity index (χ3v) is 7.28. The van der Waals surface area contributed by atoms with Gasteiger partial charge in [-0.25, -0.2) is 9.97 Å². The van der Waals surface area contributed by atoms with Crippen LogP contribution in [0.5, 0.6) is 0 Å². The van der Waals surface area contributed by atoms with Gasteiger partial charge >= 0.3 is 0 Å². The van der Waals surface area contributed by atoms with E-state index in [-0.39, 0.29) is 11.9 Å². The first-order chi connectivity index (χ1) is 14.6. The Morgan fingerprint density at radius 3 is 2.60 bits per heavy atom. The number of hydrogen-bond donors (Lipinski definition) is 4. The van der Waals surface area contributed by atoms with Crippen LogP contribution in [0.15, 0.2) is 42.9 Å². The number of nitrogens with one attached hydrogen (secondary N) is 3. The lowest BCUT2D eigenvalue weighted by atomic mass is 9.52. The Hall–Kier alpha value is -2.93. The number of hydrogen-bond acceptors (Lipinski definition) is 5. The van der Waals surface area contributed by atoms with Crippen LogP contribution in [0.2, 0.25) is 0 Å². The molecule has 4 N–H and O–H groups in total. The predicted molar refractivity (Wildman–Crippen MR) is 114 cm³/mol. The van der Waals surface area contributed by atoms with Crippen molar-refractivity contribution in [3.63, 3.8) is 0 Å². The fourth-order valence-corrected chi connectivity index (χ4v) is 6.32. The van der Waals surface area contributed by atoms with Gasteiger partial charge in [0.2, 0.25) is 0 Å². The van der Waals surface area contributed by atoms with E-state index in [1.165, 1.54) is 0 Å². The van der Waals surface area contributed by atoms with Crippen LogP contribution in [0.4, 0.5) is 11.4 Å². The molecule has 4 fully saturated rings. The van der Waals surface area contributed by atoms with Crippen LogP contribution in [-0.4, -0.2) is 37.6 Å². The summed E-state index contributed by atoms with van der Waals surface area (Å²) in [5, 5.41) is 17.6. The molecular formula is C23H25N5O2. The summed E-state index contributed by atoms with van der Waals surface area (Å²) in [4.78, 5) is 25.0. The van der Waals surface area contributed by atoms with Gasteiger partial charge in [-0.05, 0) is 62.0 Å². The van der Waals surface area contributed by atoms with Crippen molar-refractivity contribution in [2.45, 2.75) is 43.7 Å². The quantitative estimate of drug-likeness (QED) is 0.533. The lowest BCUT2D eigenvalue weighted by molar-refractivity contribution is -0.129. The molecule has 30 heavy (non-hydrogen) atoms. The Balaban J connectivity index is 1.35. The number of aliphatic hydroxyl groups is 1. The highest BCUT2D eigenvalue weighted by atomic mass is 16.3. The number of H-pyrrole nitrogens is 1. The second-order valence-electron chi connectivity index (χ2n) is 9.33. The van der Waals surface area contributed by atoms with Gasteiger partial charge in [0.15, 0.2) is 5.65 Å². The summed E-state index contributed by atoms with van der Waals surface area (Å²) >= 11 is 0. The van der Waals surface area contributed by atoms with Gasteiger partial charge in [0, 0.05) is 17.9 Å². The van der Waals surface area contributed by atoms with Crippen molar-refractivity contribution in [1.82, 2.24) is 15.0 Å². The summed E-state index contributed by atoms with van der Waals surface area (Å²) in [6.07, 6.45) is 8.17. The summed E-state index contributed by atoms with van der Waals surface area (Å²) in [5.74, 6) is 1.29. The Kier molecular flexibility index (Phi) is 3.90. The molecule has 154 valence electrons. The summed E-state index contributed by atoms with van der Waals surface area (Å²) in [7, 11) is 0. The maximum absolute atomic E-state index is 13.1. The third-order valence-electron chi connectivity index (χ3n) is 7.28. The predicted octanol–water partition coefficient (Wildman–Crippen LogP) is 3.56. The van der Waals surface area contributed by atoms with E-state index >= 15 is 0 Å². The highest BCUT2D eigenvalue weighted by molar-refractivity contribution is 6.11. The molecule has 4 saturated carbocycles. The number of carbonyl (C=O) groups excluding carboxylic acids is 1. The SMILES string of the molecule is O=C(Nc1ccccc1)c1cnc2nc[nH]c2c1NC1C2CC3CC1CC(O)(C3)C2. The molecule has 2 heterocycles. The van der Waals surface area contributed by atoms with E-state index in [9.17, 15) is 9.90 Å². The maximum Gasteiger partial charge on any atom is 0.259 e. The van der Waals surface area contributed by atoms with E-state index in [2.05, 4.69) is 25.6 Å². The lowest BCUT2D eigenvalue weighted by Crippen LogP contribution is -2.59. The van der Waals surface area contributed by atoms with Crippen LogP contribution >= 0.6 is 0 Å². The van der Waals surface area contributed by atoms with E-state index in [4.69, 9.17) is 0 Å². The van der Waals surface area contributed by atoms with E-state index in [1.807, 2.05) is 30.3 Å². The van der Waals surface area contributed by atoms with Crippen LogP contribution in [0.3, 0.4) is 0 Å². The number of nitrogens with zero attached hydrogens (tertiary/aromatic N) is 2. The molecule has 7 heteroatoms. The van der Waals surface area contributed by atoms with Crippen molar-refractivity contribution < 1.29 is 9.90 Å². The van der Waals surface area contributed by atoms with E-state index < -0.39 is 5.60 Å². The number of pyridine rings is 1. The number of anilines is 2. The third kappa shape index (κ3) is 2.88. The molecule has 3 aromatic rings. The molecule has 0 aliphatic heterocycles. The molecule has 1 aromatic carbocycles. The van der Waals surface area contributed by atoms with Gasteiger partial charge in [-0.1, -0.05) is 18.2 Å². The first-order valence-electron chi connectivity index (χ1n) is 10.8. The van der Waals surface area contributed by atoms with Gasteiger partial charge in [-0.3, -0.25) is 4.79 Å². The standard InChI is InChI=1S/C23H25N5O2/c29-22(27-16-4-2-1-3-5-16)17-11-24-21-20(25-12-26-21)19(17)28-18-14-6-13-7-15(18)10-23(30,8-13)9-14/h1-5,11-15,18,30H,6-10H2,(H,27,29)(H2,24,25,26,28). The van der Waals surface area contributed by atoms with E-state index in [0.717, 1.165) is 49.0 Å². The average Bonchev–Trinajstić information content (AvgIpc) is 3.19. The van der Waals surface area contributed by atoms with Crippen molar-refractivity contribution in [2.75, 3.05) is 10.6 Å². The van der Waals surface area contributed by atoms with Crippen molar-refractivity contribution in [3.05, 3.63) is 48.4 Å². The number of aromatic nitrogens is 3. The van der Waals surface area contributed by atoms with Crippen LogP contribution in [0, 0.1) is 17.8 Å². The number of benzene rings is 1. The molecular weight excluding hydrogens is 378 g/mol. The fraction of sp³-hybridized carbons (Fsp3) is 0.435. The topological polar surface area (TPSA) is 103 Å². The summed E-state index contributed by atoms with van der Waals surface area (Å²) in [6.45, 7) is 0. The molecule has 4 aliphatic rings. The molecule has 1 amide bonds. The van der Waals surface area contributed by atoms with E-state index in [1.54, 1.807) is 12.5 Å². The summed E-state index contributed by atoms with van der Waals surface area (Å²) in [5.41, 5.74) is 2.87. The van der Waals surface area contributed by atoms with Gasteiger partial charge in [0.05, 0.1) is 23.2 Å². The molecule has 0 spiro atoms. The van der Waals surface area contributed by atoms with Crippen molar-refractivity contribution in [1.29, 1.82) is 0 Å². The van der Waals surface area contributed by atoms with Gasteiger partial charge in [0.25, 0.3) is 5.91 Å². The molecule has 2 unspecified atom stereocenters. The molecule has 2 aromatic heterocycles. The normalized spacial score (nSPS) is 31.8. The second kappa shape index (κ2) is 6.54. The van der Waals surface area contributed by atoms with Crippen LogP contribution < -0.4 is 10.6 Å². The van der Waals surface area contributed by atoms with Crippen molar-refractivity contribution in [2.24, 2.45) is 17.8 Å². The molecule has 4 bridgehead atoms.